The lowest BCUT2D eigenvalue weighted by atomic mass is 9.72. The predicted molar refractivity (Wildman–Crippen MR) is 284 cm³/mol. The number of amides is 2. The first-order valence-electron chi connectivity index (χ1n) is 28.0. The van der Waals surface area contributed by atoms with E-state index < -0.39 is 53.2 Å². The number of anilines is 1. The second-order valence-corrected chi connectivity index (χ2v) is 24.7. The van der Waals surface area contributed by atoms with E-state index in [0.717, 1.165) is 83.7 Å². The highest BCUT2D eigenvalue weighted by atomic mass is 32.1. The molecule has 19 heteroatoms. The van der Waals surface area contributed by atoms with Crippen molar-refractivity contribution in [1.29, 1.82) is 0 Å². The van der Waals surface area contributed by atoms with Gasteiger partial charge in [0, 0.05) is 98.0 Å². The number of hydrogen-bond acceptors (Lipinski definition) is 15. The monoisotopic (exact) mass is 1070 g/mol. The SMILES string of the molecule is CO[C@@H](C)c1ncc(N2CCN(C3CC3)CC2)cc1-c1c2c3cc(ccc3n1CCOC1CCOCC1)-c1csc(n1)[C@@H](OC[C@@H](C)F)[C@H](NC(=O)C13CC(C1)[C@@H](C)O3)C(=O)N1N[C@H](C(=O)OCC(C)(C)C2)C2CC1C2. The molecule has 6 saturated heterocycles. The number of aromatic nitrogens is 3. The molecular weight excluding hydrogens is 992 g/mol. The van der Waals surface area contributed by atoms with Crippen LogP contribution in [-0.4, -0.2) is 157 Å². The van der Waals surface area contributed by atoms with Crippen LogP contribution in [0.4, 0.5) is 10.1 Å². The second kappa shape index (κ2) is 20.9. The number of hydrogen-bond donors (Lipinski definition) is 2. The van der Waals surface area contributed by atoms with Gasteiger partial charge in [-0.1, -0.05) is 19.9 Å². The molecular formula is C57H75FN8O9S. The zero-order valence-electron chi connectivity index (χ0n) is 44.9. The molecule has 10 heterocycles. The number of cyclic esters (lactones) is 1. The fourth-order valence-electron chi connectivity index (χ4n) is 13.0. The van der Waals surface area contributed by atoms with Gasteiger partial charge in [0.25, 0.3) is 11.8 Å². The number of piperazine rings is 1. The average molecular weight is 1070 g/mol. The number of ether oxygens (including phenoxy) is 6. The van der Waals surface area contributed by atoms with Gasteiger partial charge in [-0.05, 0) is 114 Å². The first-order valence-corrected chi connectivity index (χ1v) is 28.9. The minimum Gasteiger partial charge on any atom is -0.464 e. The summed E-state index contributed by atoms with van der Waals surface area (Å²) in [6, 6.07) is 7.05. The van der Waals surface area contributed by atoms with Crippen LogP contribution in [-0.2, 0) is 55.8 Å². The molecule has 0 radical (unpaired) electrons. The fraction of sp³-hybridized carbons (Fsp3) is 0.667. The molecule has 2 amide bonds. The third-order valence-corrected chi connectivity index (χ3v) is 18.7. The van der Waals surface area contributed by atoms with E-state index in [4.69, 9.17) is 38.4 Å². The van der Waals surface area contributed by atoms with Gasteiger partial charge in [-0.2, -0.15) is 0 Å². The average Bonchev–Trinajstić information content (AvgIpc) is 3.79. The van der Waals surface area contributed by atoms with Crippen molar-refractivity contribution >= 4 is 45.7 Å². The lowest BCUT2D eigenvalue weighted by Crippen LogP contribution is -2.72. The van der Waals surface area contributed by atoms with E-state index in [1.807, 2.05) is 25.4 Å². The highest BCUT2D eigenvalue weighted by molar-refractivity contribution is 7.10. The van der Waals surface area contributed by atoms with Gasteiger partial charge in [0.2, 0.25) is 0 Å². The number of nitrogens with one attached hydrogen (secondary N) is 2. The summed E-state index contributed by atoms with van der Waals surface area (Å²) < 4.78 is 54.8. The summed E-state index contributed by atoms with van der Waals surface area (Å²) in [6.07, 6.45) is 6.15. The molecule has 10 bridgehead atoms. The largest absolute Gasteiger partial charge is 0.464 e. The molecule has 0 spiro atoms. The van der Waals surface area contributed by atoms with E-state index in [1.54, 1.807) is 7.11 Å². The summed E-state index contributed by atoms with van der Waals surface area (Å²) in [6.45, 7) is 15.7. The Morgan fingerprint density at radius 1 is 1.01 bits per heavy atom. The van der Waals surface area contributed by atoms with Gasteiger partial charge in [-0.25, -0.2) is 14.8 Å². The number of nitrogens with zero attached hydrogens (tertiary/aromatic N) is 6. The molecule has 3 aliphatic carbocycles. The van der Waals surface area contributed by atoms with E-state index in [-0.39, 0.29) is 49.4 Å². The maximum Gasteiger partial charge on any atom is 0.325 e. The van der Waals surface area contributed by atoms with Crippen molar-refractivity contribution in [3.05, 3.63) is 52.1 Å². The Balaban J connectivity index is 0.998. The fourth-order valence-corrected chi connectivity index (χ4v) is 14.0. The Morgan fingerprint density at radius 3 is 2.50 bits per heavy atom. The molecule has 7 aliphatic heterocycles. The zero-order valence-corrected chi connectivity index (χ0v) is 45.7. The summed E-state index contributed by atoms with van der Waals surface area (Å²) in [5.41, 5.74) is 9.02. The Kier molecular flexibility index (Phi) is 14.3. The number of methoxy groups -OCH3 is 1. The third-order valence-electron chi connectivity index (χ3n) is 17.8. The summed E-state index contributed by atoms with van der Waals surface area (Å²) in [4.78, 5) is 59.7. The Morgan fingerprint density at radius 2 is 1.79 bits per heavy atom. The molecule has 76 heavy (non-hydrogen) atoms. The van der Waals surface area contributed by atoms with Crippen LogP contribution in [0.2, 0.25) is 0 Å². The van der Waals surface area contributed by atoms with Gasteiger partial charge in [0.1, 0.15) is 35.0 Å². The quantitative estimate of drug-likeness (QED) is 0.123. The molecule has 2 N–H and O–H groups in total. The number of halogens is 1. The Hall–Kier alpha value is -4.60. The number of rotatable bonds is 14. The number of thiazole rings is 1. The van der Waals surface area contributed by atoms with Crippen LogP contribution in [0.25, 0.3) is 33.4 Å². The van der Waals surface area contributed by atoms with Crippen molar-refractivity contribution in [1.82, 2.24) is 35.2 Å². The molecule has 9 fully saturated rings. The second-order valence-electron chi connectivity index (χ2n) is 23.8. The highest BCUT2D eigenvalue weighted by Crippen LogP contribution is 2.53. The molecule has 6 atom stereocenters. The highest BCUT2D eigenvalue weighted by Gasteiger charge is 2.62. The van der Waals surface area contributed by atoms with Crippen LogP contribution in [0.3, 0.4) is 0 Å². The van der Waals surface area contributed by atoms with Crippen molar-refractivity contribution in [3.63, 3.8) is 0 Å². The summed E-state index contributed by atoms with van der Waals surface area (Å²) in [5.74, 6) is -1.15. The normalized spacial score (nSPS) is 30.6. The molecule has 17 nitrogen and oxygen atoms in total. The van der Waals surface area contributed by atoms with Gasteiger partial charge in [-0.3, -0.25) is 29.3 Å². The summed E-state index contributed by atoms with van der Waals surface area (Å²) >= 11 is 1.30. The van der Waals surface area contributed by atoms with E-state index in [2.05, 4.69) is 63.2 Å². The minimum atomic E-state index is -1.38. The van der Waals surface area contributed by atoms with E-state index in [0.29, 0.717) is 75.2 Å². The Bertz CT molecular complexity index is 2810. The smallest absolute Gasteiger partial charge is 0.325 e. The van der Waals surface area contributed by atoms with Gasteiger partial charge < -0.3 is 43.2 Å². The number of hydrazine groups is 1. The molecule has 1 aromatic carbocycles. The van der Waals surface area contributed by atoms with Gasteiger partial charge in [-0.15, -0.1) is 11.3 Å². The molecule has 3 saturated carbocycles. The van der Waals surface area contributed by atoms with Crippen molar-refractivity contribution < 1.29 is 47.2 Å². The predicted octanol–water partition coefficient (Wildman–Crippen LogP) is 7.10. The molecule has 410 valence electrons. The lowest BCUT2D eigenvalue weighted by molar-refractivity contribution is -0.174. The number of benzene rings is 1. The van der Waals surface area contributed by atoms with Gasteiger partial charge >= 0.3 is 5.97 Å². The van der Waals surface area contributed by atoms with Crippen LogP contribution in [0.1, 0.15) is 114 Å². The van der Waals surface area contributed by atoms with Gasteiger partial charge in [0.05, 0.1) is 67.1 Å². The van der Waals surface area contributed by atoms with Gasteiger partial charge in [0.15, 0.2) is 0 Å². The van der Waals surface area contributed by atoms with Crippen LogP contribution < -0.4 is 15.6 Å². The summed E-state index contributed by atoms with van der Waals surface area (Å²) in [7, 11) is 1.72. The van der Waals surface area contributed by atoms with Crippen LogP contribution in [0.5, 0.6) is 0 Å². The maximum absolute atomic E-state index is 15.2. The van der Waals surface area contributed by atoms with E-state index >= 15 is 4.79 Å². The topological polar surface area (TPSA) is 171 Å². The molecule has 3 aromatic heterocycles. The molecule has 14 rings (SSSR count). The number of pyridine rings is 1. The molecule has 10 aliphatic rings. The van der Waals surface area contributed by atoms with Crippen LogP contribution in [0, 0.1) is 17.3 Å². The number of carbonyl (C=O) groups is 3. The Labute approximate surface area is 448 Å². The van der Waals surface area contributed by atoms with Crippen molar-refractivity contribution in [2.75, 3.05) is 71.2 Å². The first-order chi connectivity index (χ1) is 36.7. The first kappa shape index (κ1) is 52.1. The number of carbonyl (C=O) groups excluding carboxylic acids is 3. The number of alkyl halides is 1. The molecule has 0 unspecified atom stereocenters. The lowest BCUT2D eigenvalue weighted by Gasteiger charge is -2.53. The maximum atomic E-state index is 15.2. The van der Waals surface area contributed by atoms with Crippen LogP contribution in [0.15, 0.2) is 35.8 Å². The zero-order chi connectivity index (χ0) is 52.6. The summed E-state index contributed by atoms with van der Waals surface area (Å²) in [5, 5.41) is 7.90. The van der Waals surface area contributed by atoms with Crippen LogP contribution >= 0.6 is 11.3 Å². The van der Waals surface area contributed by atoms with E-state index in [9.17, 15) is 14.0 Å². The molecule has 4 aromatic rings. The third kappa shape index (κ3) is 9.98. The minimum absolute atomic E-state index is 0.0487. The number of fused-ring (bicyclic) bond motifs is 5. The standard InChI is InChI=1S/C57H75FN8O9S/c1-32(58)29-73-51-49(61-55(69)57-25-37(26-57)33(2)75-57)53(67)66-39-21-36(22-39)48(62-66)54(68)74-31-56(4,5)27-44-42-23-35(45-30-76-52(51)60-45)7-10-46(42)65(17-20-72-41-11-18-71-19-12-41)50(44)43-24-40(28-59-47(43)34(3)70-6)64-15-13-63(14-16-64)38-8-9-38/h7,10,23-24,28,30,32-34,36-39,41,48-49,51,62H,8-9,11-22,25-27,29,31H2,1-6H3,(H,61,69)/t32-,33-,34+,36?,37?,39?,48+,49+,51+,57?/m1/s1. The van der Waals surface area contributed by atoms with E-state index in [1.165, 1.54) is 36.1 Å². The van der Waals surface area contributed by atoms with Crippen molar-refractivity contribution in [3.8, 4) is 22.5 Å². The number of esters is 1. The van der Waals surface area contributed by atoms with Crippen molar-refractivity contribution in [2.24, 2.45) is 17.3 Å². The van der Waals surface area contributed by atoms with Crippen molar-refractivity contribution in [2.45, 2.75) is 159 Å².